The van der Waals surface area contributed by atoms with Gasteiger partial charge >= 0.3 is 0 Å². The van der Waals surface area contributed by atoms with Gasteiger partial charge in [0.1, 0.15) is 5.82 Å². The number of aromatic nitrogens is 3. The monoisotopic (exact) mass is 307 g/mol. The molecular weight excluding hydrogens is 290 g/mol. The van der Waals surface area contributed by atoms with Gasteiger partial charge in [-0.05, 0) is 30.3 Å². The van der Waals surface area contributed by atoms with Crippen LogP contribution in [0, 0.1) is 0 Å². The molecular formula is C17H17N5O. The van der Waals surface area contributed by atoms with Crippen LogP contribution < -0.4 is 10.2 Å². The van der Waals surface area contributed by atoms with E-state index in [1.54, 1.807) is 23.1 Å². The van der Waals surface area contributed by atoms with Crippen molar-refractivity contribution in [1.82, 2.24) is 14.8 Å². The van der Waals surface area contributed by atoms with Crippen LogP contribution in [-0.4, -0.2) is 34.8 Å². The van der Waals surface area contributed by atoms with Crippen LogP contribution in [0.25, 0.3) is 5.69 Å². The molecule has 1 aromatic carbocycles. The number of hydrogen-bond acceptors (Lipinski definition) is 4. The predicted molar refractivity (Wildman–Crippen MR) is 90.1 cm³/mol. The van der Waals surface area contributed by atoms with Crippen LogP contribution in [0.15, 0.2) is 60.9 Å². The molecule has 6 heteroatoms. The van der Waals surface area contributed by atoms with Crippen molar-refractivity contribution in [1.29, 1.82) is 0 Å². The fraction of sp³-hybridized carbons (Fsp3) is 0.118. The second-order valence-corrected chi connectivity index (χ2v) is 5.23. The third-order valence-corrected chi connectivity index (χ3v) is 3.31. The number of amides is 1. The van der Waals surface area contributed by atoms with E-state index in [0.717, 1.165) is 11.5 Å². The Kier molecular flexibility index (Phi) is 4.05. The summed E-state index contributed by atoms with van der Waals surface area (Å²) in [4.78, 5) is 18.4. The van der Waals surface area contributed by atoms with Gasteiger partial charge in [-0.3, -0.25) is 4.79 Å². The summed E-state index contributed by atoms with van der Waals surface area (Å²) in [5.41, 5.74) is 1.89. The van der Waals surface area contributed by atoms with Crippen molar-refractivity contribution in [2.75, 3.05) is 24.3 Å². The normalized spacial score (nSPS) is 10.3. The van der Waals surface area contributed by atoms with E-state index >= 15 is 0 Å². The average Bonchev–Trinajstić information content (AvgIpc) is 3.06. The van der Waals surface area contributed by atoms with Crippen molar-refractivity contribution in [3.63, 3.8) is 0 Å². The fourth-order valence-corrected chi connectivity index (χ4v) is 2.09. The van der Waals surface area contributed by atoms with Crippen LogP contribution in [-0.2, 0) is 0 Å². The number of hydrogen-bond donors (Lipinski definition) is 1. The molecule has 116 valence electrons. The highest BCUT2D eigenvalue weighted by Crippen LogP contribution is 2.13. The lowest BCUT2D eigenvalue weighted by Gasteiger charge is -2.11. The van der Waals surface area contributed by atoms with Gasteiger partial charge in [-0.1, -0.05) is 18.2 Å². The Morgan fingerprint density at radius 1 is 1.09 bits per heavy atom. The van der Waals surface area contributed by atoms with Crippen molar-refractivity contribution in [3.05, 3.63) is 66.6 Å². The van der Waals surface area contributed by atoms with Crippen molar-refractivity contribution in [2.24, 2.45) is 0 Å². The molecule has 3 aromatic rings. The van der Waals surface area contributed by atoms with Crippen LogP contribution in [0.2, 0.25) is 0 Å². The van der Waals surface area contributed by atoms with Crippen LogP contribution in [0.1, 0.15) is 10.5 Å². The van der Waals surface area contributed by atoms with E-state index < -0.39 is 0 Å². The maximum absolute atomic E-state index is 12.3. The Morgan fingerprint density at radius 3 is 2.52 bits per heavy atom. The molecule has 2 heterocycles. The number of anilines is 2. The number of carbonyl (C=O) groups is 1. The summed E-state index contributed by atoms with van der Waals surface area (Å²) in [6.45, 7) is 0. The van der Waals surface area contributed by atoms with Gasteiger partial charge in [-0.25, -0.2) is 9.67 Å². The first-order chi connectivity index (χ1) is 11.1. The standard InChI is InChI=1S/C17H17N5O/c1-21(2)16-9-8-13(12-18-16)19-17(23)15-10-11-22(20-15)14-6-4-3-5-7-14/h3-12H,1-2H3,(H,19,23). The number of carbonyl (C=O) groups excluding carboxylic acids is 1. The fourth-order valence-electron chi connectivity index (χ4n) is 2.09. The SMILES string of the molecule is CN(C)c1ccc(NC(=O)c2ccn(-c3ccccc3)n2)cn1. The molecule has 23 heavy (non-hydrogen) atoms. The van der Waals surface area contributed by atoms with Gasteiger partial charge in [-0.15, -0.1) is 0 Å². The molecule has 2 aromatic heterocycles. The van der Waals surface area contributed by atoms with Crippen LogP contribution in [0.4, 0.5) is 11.5 Å². The minimum Gasteiger partial charge on any atom is -0.363 e. The topological polar surface area (TPSA) is 63.1 Å². The van der Waals surface area contributed by atoms with Gasteiger partial charge in [-0.2, -0.15) is 5.10 Å². The largest absolute Gasteiger partial charge is 0.363 e. The molecule has 6 nitrogen and oxygen atoms in total. The molecule has 3 rings (SSSR count). The van der Waals surface area contributed by atoms with Gasteiger partial charge in [0.25, 0.3) is 5.91 Å². The van der Waals surface area contributed by atoms with E-state index in [2.05, 4.69) is 15.4 Å². The first-order valence-electron chi connectivity index (χ1n) is 7.19. The molecule has 1 N–H and O–H groups in total. The van der Waals surface area contributed by atoms with E-state index in [4.69, 9.17) is 0 Å². The number of rotatable bonds is 4. The summed E-state index contributed by atoms with van der Waals surface area (Å²) in [6.07, 6.45) is 3.39. The molecule has 0 spiro atoms. The lowest BCUT2D eigenvalue weighted by molar-refractivity contribution is 0.102. The average molecular weight is 307 g/mol. The number of para-hydroxylation sites is 1. The minimum absolute atomic E-state index is 0.265. The van der Waals surface area contributed by atoms with Crippen LogP contribution in [0.3, 0.4) is 0 Å². The quantitative estimate of drug-likeness (QED) is 0.804. The van der Waals surface area contributed by atoms with Gasteiger partial charge in [0.2, 0.25) is 0 Å². The van der Waals surface area contributed by atoms with Crippen molar-refractivity contribution in [3.8, 4) is 5.69 Å². The molecule has 0 fully saturated rings. The molecule has 0 unspecified atom stereocenters. The smallest absolute Gasteiger partial charge is 0.276 e. The molecule has 0 saturated carbocycles. The summed E-state index contributed by atoms with van der Waals surface area (Å²) < 4.78 is 1.67. The number of pyridine rings is 1. The Bertz CT molecular complexity index is 793. The number of benzene rings is 1. The Morgan fingerprint density at radius 2 is 1.87 bits per heavy atom. The predicted octanol–water partition coefficient (Wildman–Crippen LogP) is 2.59. The molecule has 0 aliphatic carbocycles. The lowest BCUT2D eigenvalue weighted by Crippen LogP contribution is -2.14. The zero-order valence-corrected chi connectivity index (χ0v) is 13.0. The second-order valence-electron chi connectivity index (χ2n) is 5.23. The highest BCUT2D eigenvalue weighted by Gasteiger charge is 2.11. The molecule has 1 amide bonds. The van der Waals surface area contributed by atoms with Gasteiger partial charge in [0, 0.05) is 20.3 Å². The minimum atomic E-state index is -0.265. The molecule has 0 bridgehead atoms. The summed E-state index contributed by atoms with van der Waals surface area (Å²) in [5.74, 6) is 0.565. The van der Waals surface area contributed by atoms with Crippen LogP contribution in [0.5, 0.6) is 0 Å². The first-order valence-corrected chi connectivity index (χ1v) is 7.19. The summed E-state index contributed by atoms with van der Waals surface area (Å²) in [7, 11) is 3.83. The molecule has 0 saturated heterocycles. The van der Waals surface area contributed by atoms with E-state index in [0.29, 0.717) is 11.4 Å². The van der Waals surface area contributed by atoms with Crippen molar-refractivity contribution < 1.29 is 4.79 Å². The van der Waals surface area contributed by atoms with Crippen LogP contribution >= 0.6 is 0 Å². The highest BCUT2D eigenvalue weighted by atomic mass is 16.1. The number of nitrogens with one attached hydrogen (secondary N) is 1. The zero-order valence-electron chi connectivity index (χ0n) is 13.0. The lowest BCUT2D eigenvalue weighted by atomic mass is 10.3. The summed E-state index contributed by atoms with van der Waals surface area (Å²) in [6, 6.07) is 15.0. The van der Waals surface area contributed by atoms with E-state index in [9.17, 15) is 4.79 Å². The first kappa shape index (κ1) is 14.8. The van der Waals surface area contributed by atoms with E-state index in [1.807, 2.05) is 61.5 Å². The van der Waals surface area contributed by atoms with Gasteiger partial charge in [0.15, 0.2) is 5.69 Å². The maximum atomic E-state index is 12.3. The van der Waals surface area contributed by atoms with Crippen molar-refractivity contribution >= 4 is 17.4 Å². The van der Waals surface area contributed by atoms with Gasteiger partial charge in [0.05, 0.1) is 17.6 Å². The summed E-state index contributed by atoms with van der Waals surface area (Å²) in [5, 5.41) is 7.09. The highest BCUT2D eigenvalue weighted by molar-refractivity contribution is 6.02. The second kappa shape index (κ2) is 6.31. The van der Waals surface area contributed by atoms with Gasteiger partial charge < -0.3 is 10.2 Å². The van der Waals surface area contributed by atoms with E-state index in [-0.39, 0.29) is 5.91 Å². The Hall–Kier alpha value is -3.15. The third kappa shape index (κ3) is 3.37. The third-order valence-electron chi connectivity index (χ3n) is 3.31. The summed E-state index contributed by atoms with van der Waals surface area (Å²) >= 11 is 0. The molecule has 0 atom stereocenters. The Balaban J connectivity index is 1.72. The zero-order chi connectivity index (χ0) is 16.2. The molecule has 0 aliphatic heterocycles. The molecule has 0 radical (unpaired) electrons. The number of nitrogens with zero attached hydrogens (tertiary/aromatic N) is 4. The molecule has 0 aliphatic rings. The maximum Gasteiger partial charge on any atom is 0.276 e. The van der Waals surface area contributed by atoms with E-state index in [1.165, 1.54) is 0 Å². The Labute approximate surface area is 134 Å². The van der Waals surface area contributed by atoms with Crippen molar-refractivity contribution in [2.45, 2.75) is 0 Å².